The van der Waals surface area contributed by atoms with E-state index < -0.39 is 0 Å². The number of nitrogens with zero attached hydrogens (tertiary/aromatic N) is 2. The third-order valence-corrected chi connectivity index (χ3v) is 3.81. The van der Waals surface area contributed by atoms with E-state index in [2.05, 4.69) is 10.3 Å². The standard InChI is InChI=1S/C12H19N3OS.2ClH/c1-15(7-11-8-17-9-14-11)12(16)5-4-10-3-2-6-13-10;;/h8-10,13H,2-7H2,1H3;2*1H. The lowest BCUT2D eigenvalue weighted by molar-refractivity contribution is -0.130. The van der Waals surface area contributed by atoms with Crippen LogP contribution in [0.1, 0.15) is 31.4 Å². The summed E-state index contributed by atoms with van der Waals surface area (Å²) >= 11 is 1.57. The highest BCUT2D eigenvalue weighted by Crippen LogP contribution is 2.12. The molecular formula is C12H21Cl2N3OS. The van der Waals surface area contributed by atoms with E-state index in [1.54, 1.807) is 21.7 Å². The van der Waals surface area contributed by atoms with Crippen LogP contribution in [0, 0.1) is 0 Å². The molecule has 1 N–H and O–H groups in total. The second-order valence-electron chi connectivity index (χ2n) is 4.56. The van der Waals surface area contributed by atoms with E-state index in [0.717, 1.165) is 18.7 Å². The van der Waals surface area contributed by atoms with Gasteiger partial charge in [0.25, 0.3) is 0 Å². The molecule has 0 bridgehead atoms. The van der Waals surface area contributed by atoms with Gasteiger partial charge in [0.05, 0.1) is 17.7 Å². The maximum Gasteiger partial charge on any atom is 0.222 e. The second-order valence-corrected chi connectivity index (χ2v) is 5.28. The fourth-order valence-electron chi connectivity index (χ4n) is 2.14. The second kappa shape index (κ2) is 9.53. The zero-order chi connectivity index (χ0) is 12.1. The van der Waals surface area contributed by atoms with Crippen LogP contribution in [-0.2, 0) is 11.3 Å². The largest absolute Gasteiger partial charge is 0.340 e. The molecule has 1 aromatic rings. The Balaban J connectivity index is 0.00000162. The molecule has 1 fully saturated rings. The van der Waals surface area contributed by atoms with Crippen LogP contribution in [0.25, 0.3) is 0 Å². The molecule has 1 amide bonds. The Morgan fingerprint density at radius 2 is 2.37 bits per heavy atom. The summed E-state index contributed by atoms with van der Waals surface area (Å²) in [5.74, 6) is 0.215. The molecule has 19 heavy (non-hydrogen) atoms. The third-order valence-electron chi connectivity index (χ3n) is 3.18. The predicted octanol–water partition coefficient (Wildman–Crippen LogP) is 2.48. The number of amides is 1. The number of nitrogens with one attached hydrogen (secondary N) is 1. The summed E-state index contributed by atoms with van der Waals surface area (Å²) in [6.07, 6.45) is 4.05. The Kier molecular flexibility index (Phi) is 9.35. The number of rotatable bonds is 5. The number of aromatic nitrogens is 1. The topological polar surface area (TPSA) is 45.2 Å². The van der Waals surface area contributed by atoms with Crippen LogP contribution in [-0.4, -0.2) is 35.4 Å². The summed E-state index contributed by atoms with van der Waals surface area (Å²) in [5.41, 5.74) is 2.78. The molecule has 1 aromatic heterocycles. The van der Waals surface area contributed by atoms with Crippen molar-refractivity contribution in [3.8, 4) is 0 Å². The van der Waals surface area contributed by atoms with Gasteiger partial charge in [0.15, 0.2) is 0 Å². The number of hydrogen-bond donors (Lipinski definition) is 1. The van der Waals surface area contributed by atoms with Gasteiger partial charge in [-0.25, -0.2) is 4.98 Å². The van der Waals surface area contributed by atoms with Crippen molar-refractivity contribution >= 4 is 42.1 Å². The molecule has 2 heterocycles. The minimum atomic E-state index is 0. The molecule has 110 valence electrons. The van der Waals surface area contributed by atoms with E-state index in [-0.39, 0.29) is 30.7 Å². The molecule has 0 aliphatic carbocycles. The van der Waals surface area contributed by atoms with E-state index in [1.165, 1.54) is 12.8 Å². The maximum atomic E-state index is 11.9. The molecule has 7 heteroatoms. The van der Waals surface area contributed by atoms with Gasteiger partial charge in [-0.15, -0.1) is 36.2 Å². The minimum absolute atomic E-state index is 0. The van der Waals surface area contributed by atoms with Crippen molar-refractivity contribution in [1.29, 1.82) is 0 Å². The first-order valence-corrected chi connectivity index (χ1v) is 7.04. The highest BCUT2D eigenvalue weighted by molar-refractivity contribution is 7.07. The van der Waals surface area contributed by atoms with Crippen molar-refractivity contribution < 1.29 is 4.79 Å². The van der Waals surface area contributed by atoms with E-state index in [0.29, 0.717) is 19.0 Å². The van der Waals surface area contributed by atoms with Crippen LogP contribution >= 0.6 is 36.2 Å². The van der Waals surface area contributed by atoms with Crippen LogP contribution in [0.2, 0.25) is 0 Å². The normalized spacial score (nSPS) is 17.4. The number of halogens is 2. The Bertz CT molecular complexity index is 356. The number of hydrogen-bond acceptors (Lipinski definition) is 4. The first kappa shape index (κ1) is 18.6. The number of carbonyl (C=O) groups excluding carboxylic acids is 1. The molecule has 1 aliphatic rings. The summed E-state index contributed by atoms with van der Waals surface area (Å²) < 4.78 is 0. The van der Waals surface area contributed by atoms with E-state index in [1.807, 2.05) is 12.4 Å². The molecule has 1 atom stereocenters. The van der Waals surface area contributed by atoms with Gasteiger partial charge in [-0.3, -0.25) is 4.79 Å². The average Bonchev–Trinajstić information content (AvgIpc) is 2.98. The van der Waals surface area contributed by atoms with Crippen LogP contribution < -0.4 is 5.32 Å². The van der Waals surface area contributed by atoms with Crippen LogP contribution in [0.4, 0.5) is 0 Å². The zero-order valence-electron chi connectivity index (χ0n) is 11.0. The highest BCUT2D eigenvalue weighted by atomic mass is 35.5. The monoisotopic (exact) mass is 325 g/mol. The van der Waals surface area contributed by atoms with E-state index in [9.17, 15) is 4.79 Å². The fourth-order valence-corrected chi connectivity index (χ4v) is 2.69. The first-order chi connectivity index (χ1) is 8.25. The molecule has 0 radical (unpaired) electrons. The molecule has 1 saturated heterocycles. The Hall–Kier alpha value is -0.360. The van der Waals surface area contributed by atoms with E-state index >= 15 is 0 Å². The van der Waals surface area contributed by atoms with E-state index in [4.69, 9.17) is 0 Å². The summed E-state index contributed by atoms with van der Waals surface area (Å²) in [6.45, 7) is 1.73. The van der Waals surface area contributed by atoms with Crippen molar-refractivity contribution in [2.45, 2.75) is 38.3 Å². The predicted molar refractivity (Wildman–Crippen MR) is 83.3 cm³/mol. The maximum absolute atomic E-state index is 11.9. The molecular weight excluding hydrogens is 305 g/mol. The molecule has 0 aromatic carbocycles. The quantitative estimate of drug-likeness (QED) is 0.904. The van der Waals surface area contributed by atoms with Crippen LogP contribution in [0.3, 0.4) is 0 Å². The van der Waals surface area contributed by atoms with Gasteiger partial charge in [-0.05, 0) is 25.8 Å². The summed E-state index contributed by atoms with van der Waals surface area (Å²) in [4.78, 5) is 17.9. The molecule has 0 spiro atoms. The summed E-state index contributed by atoms with van der Waals surface area (Å²) in [6, 6.07) is 0.548. The average molecular weight is 326 g/mol. The third kappa shape index (κ3) is 6.08. The van der Waals surface area contributed by atoms with Crippen molar-refractivity contribution in [3.05, 3.63) is 16.6 Å². The zero-order valence-corrected chi connectivity index (χ0v) is 13.5. The molecule has 0 saturated carbocycles. The van der Waals surface area contributed by atoms with Gasteiger partial charge in [0, 0.05) is 24.9 Å². The summed E-state index contributed by atoms with van der Waals surface area (Å²) in [7, 11) is 1.85. The van der Waals surface area contributed by atoms with Gasteiger partial charge < -0.3 is 10.2 Å². The van der Waals surface area contributed by atoms with Crippen molar-refractivity contribution in [3.63, 3.8) is 0 Å². The van der Waals surface area contributed by atoms with Gasteiger partial charge in [0.2, 0.25) is 5.91 Å². The van der Waals surface area contributed by atoms with Crippen molar-refractivity contribution in [1.82, 2.24) is 15.2 Å². The number of thiazole rings is 1. The Labute approximate surface area is 130 Å². The minimum Gasteiger partial charge on any atom is -0.340 e. The Morgan fingerprint density at radius 1 is 1.58 bits per heavy atom. The molecule has 1 unspecified atom stereocenters. The van der Waals surface area contributed by atoms with Gasteiger partial charge in [0.1, 0.15) is 0 Å². The lowest BCUT2D eigenvalue weighted by Gasteiger charge is -2.17. The molecule has 4 nitrogen and oxygen atoms in total. The molecule has 1 aliphatic heterocycles. The summed E-state index contributed by atoms with van der Waals surface area (Å²) in [5, 5.41) is 5.40. The fraction of sp³-hybridized carbons (Fsp3) is 0.667. The Morgan fingerprint density at radius 3 is 2.95 bits per heavy atom. The SMILES string of the molecule is CN(Cc1cscn1)C(=O)CCC1CCCN1.Cl.Cl. The lowest BCUT2D eigenvalue weighted by atomic mass is 10.1. The van der Waals surface area contributed by atoms with Crippen molar-refractivity contribution in [2.24, 2.45) is 0 Å². The lowest BCUT2D eigenvalue weighted by Crippen LogP contribution is -2.29. The first-order valence-electron chi connectivity index (χ1n) is 6.10. The highest BCUT2D eigenvalue weighted by Gasteiger charge is 2.17. The molecule has 2 rings (SSSR count). The van der Waals surface area contributed by atoms with Gasteiger partial charge in [-0.1, -0.05) is 0 Å². The van der Waals surface area contributed by atoms with Gasteiger partial charge >= 0.3 is 0 Å². The van der Waals surface area contributed by atoms with Crippen molar-refractivity contribution in [2.75, 3.05) is 13.6 Å². The van der Waals surface area contributed by atoms with Gasteiger partial charge in [-0.2, -0.15) is 0 Å². The van der Waals surface area contributed by atoms with Crippen LogP contribution in [0.15, 0.2) is 10.9 Å². The van der Waals surface area contributed by atoms with Crippen LogP contribution in [0.5, 0.6) is 0 Å². The smallest absolute Gasteiger partial charge is 0.222 e. The number of carbonyl (C=O) groups is 1.